The minimum absolute atomic E-state index is 0.00619. The molecule has 2 amide bonds. The van der Waals surface area contributed by atoms with Gasteiger partial charge in [0.25, 0.3) is 8.32 Å². The van der Waals surface area contributed by atoms with Gasteiger partial charge in [0.2, 0.25) is 0 Å². The maximum Gasteiger partial charge on any atom is 0.434 e. The summed E-state index contributed by atoms with van der Waals surface area (Å²) in [5, 5.41) is 12.5. The summed E-state index contributed by atoms with van der Waals surface area (Å²) in [6.07, 6.45) is 0.131. The van der Waals surface area contributed by atoms with Crippen molar-refractivity contribution in [3.63, 3.8) is 0 Å². The van der Waals surface area contributed by atoms with E-state index in [1.54, 1.807) is 45.2 Å². The van der Waals surface area contributed by atoms with Gasteiger partial charge in [0, 0.05) is 18.2 Å². The van der Waals surface area contributed by atoms with Gasteiger partial charge in [0.05, 0.1) is 31.5 Å². The monoisotopic (exact) mass is 686 g/mol. The molecule has 0 aliphatic carbocycles. The Labute approximate surface area is 283 Å². The van der Waals surface area contributed by atoms with E-state index in [-0.39, 0.29) is 45.2 Å². The summed E-state index contributed by atoms with van der Waals surface area (Å²) < 4.78 is 39.2. The highest BCUT2D eigenvalue weighted by Crippen LogP contribution is 2.44. The zero-order valence-corrected chi connectivity index (χ0v) is 31.2. The molecule has 2 aromatic rings. The molecule has 0 aliphatic heterocycles. The number of hydrogen-bond donors (Lipinski definition) is 1. The minimum Gasteiger partial charge on any atom is -0.541 e. The molecule has 256 valence electrons. The Morgan fingerprint density at radius 1 is 1.04 bits per heavy atom. The molecule has 1 N–H and O–H groups in total. The summed E-state index contributed by atoms with van der Waals surface area (Å²) >= 11 is 1.08. The van der Waals surface area contributed by atoms with Crippen molar-refractivity contribution in [2.45, 2.75) is 91.1 Å². The SMILES string of the molecule is COC(=O)/N=C(\SC)C(=Nc1ccc(C#N)c(CNC(=O)OC(C)(C)C)c1)c1cc(OC)cc(O[Si](C(C)C)(C(C)C)C(C)C)c1F. The number of benzene rings is 2. The van der Waals surface area contributed by atoms with Crippen LogP contribution in [0.2, 0.25) is 16.6 Å². The van der Waals surface area contributed by atoms with E-state index in [1.807, 2.05) is 0 Å². The number of carbonyl (C=O) groups excluding carboxylic acids is 2. The number of nitrogens with zero attached hydrogens (tertiary/aromatic N) is 3. The van der Waals surface area contributed by atoms with E-state index in [1.165, 1.54) is 26.4 Å². The van der Waals surface area contributed by atoms with Crippen molar-refractivity contribution >= 4 is 48.7 Å². The van der Waals surface area contributed by atoms with Gasteiger partial charge < -0.3 is 24.0 Å². The number of nitriles is 1. The topological polar surface area (TPSA) is 132 Å². The Kier molecular flexibility index (Phi) is 14.0. The molecule has 2 rings (SSSR count). The summed E-state index contributed by atoms with van der Waals surface area (Å²) in [6, 6.07) is 9.83. The highest BCUT2D eigenvalue weighted by atomic mass is 32.2. The fourth-order valence-electron chi connectivity index (χ4n) is 5.54. The van der Waals surface area contributed by atoms with Crippen LogP contribution in [0.25, 0.3) is 0 Å². The number of thioether (sulfide) groups is 1. The minimum atomic E-state index is -2.61. The number of halogens is 1. The van der Waals surface area contributed by atoms with Gasteiger partial charge in [-0.15, -0.1) is 11.8 Å². The zero-order chi connectivity index (χ0) is 35.7. The first-order valence-corrected chi connectivity index (χ1v) is 18.7. The largest absolute Gasteiger partial charge is 0.541 e. The molecule has 10 nitrogen and oxygen atoms in total. The van der Waals surface area contributed by atoms with Gasteiger partial charge in [0.1, 0.15) is 27.9 Å². The van der Waals surface area contributed by atoms with Gasteiger partial charge in [0.15, 0.2) is 5.82 Å². The number of hydrogen-bond acceptors (Lipinski definition) is 9. The summed E-state index contributed by atoms with van der Waals surface area (Å²) in [4.78, 5) is 33.5. The molecule has 0 aliphatic rings. The highest BCUT2D eigenvalue weighted by Gasteiger charge is 2.47. The van der Waals surface area contributed by atoms with Gasteiger partial charge in [-0.1, -0.05) is 41.5 Å². The number of amides is 2. The second-order valence-electron chi connectivity index (χ2n) is 12.8. The molecule has 0 bridgehead atoms. The summed E-state index contributed by atoms with van der Waals surface area (Å²) in [6.45, 7) is 17.8. The van der Waals surface area contributed by atoms with Crippen LogP contribution in [0.4, 0.5) is 19.7 Å². The van der Waals surface area contributed by atoms with Gasteiger partial charge in [-0.3, -0.25) is 0 Å². The molecule has 0 atom stereocenters. The fourth-order valence-corrected chi connectivity index (χ4v) is 11.3. The van der Waals surface area contributed by atoms with E-state index in [9.17, 15) is 14.9 Å². The Balaban J connectivity index is 2.87. The van der Waals surface area contributed by atoms with Crippen LogP contribution in [0.1, 0.15) is 79.0 Å². The van der Waals surface area contributed by atoms with Crippen LogP contribution in [0.5, 0.6) is 11.5 Å². The van der Waals surface area contributed by atoms with Crippen LogP contribution in [0.3, 0.4) is 0 Å². The first-order chi connectivity index (χ1) is 21.9. The predicted molar refractivity (Wildman–Crippen MR) is 188 cm³/mol. The van der Waals surface area contributed by atoms with Crippen LogP contribution in [-0.2, 0) is 16.0 Å². The molecule has 0 aromatic heterocycles. The number of rotatable bonds is 11. The maximum atomic E-state index is 16.8. The van der Waals surface area contributed by atoms with Crippen molar-refractivity contribution in [2.75, 3.05) is 20.5 Å². The van der Waals surface area contributed by atoms with Gasteiger partial charge >= 0.3 is 12.2 Å². The molecule has 0 saturated heterocycles. The quantitative estimate of drug-likeness (QED) is 0.141. The molecular formula is C34H47FN4O6SSi. The van der Waals surface area contributed by atoms with Crippen molar-refractivity contribution in [2.24, 2.45) is 9.98 Å². The molecule has 0 unspecified atom stereocenters. The van der Waals surface area contributed by atoms with Crippen molar-refractivity contribution in [1.82, 2.24) is 5.32 Å². The average molecular weight is 687 g/mol. The third-order valence-electron chi connectivity index (χ3n) is 7.53. The smallest absolute Gasteiger partial charge is 0.434 e. The third-order valence-corrected chi connectivity index (χ3v) is 14.2. The normalized spacial score (nSPS) is 12.7. The van der Waals surface area contributed by atoms with Crippen LogP contribution in [0, 0.1) is 17.1 Å². The Morgan fingerprint density at radius 2 is 1.66 bits per heavy atom. The van der Waals surface area contributed by atoms with Gasteiger partial charge in [-0.2, -0.15) is 10.3 Å². The lowest BCUT2D eigenvalue weighted by molar-refractivity contribution is 0.0523. The van der Waals surface area contributed by atoms with E-state index >= 15 is 4.39 Å². The Bertz CT molecular complexity index is 1520. The number of aliphatic imine (C=N–C) groups is 2. The average Bonchev–Trinajstić information content (AvgIpc) is 2.99. The Hall–Kier alpha value is -3.89. The highest BCUT2D eigenvalue weighted by molar-refractivity contribution is 8.15. The van der Waals surface area contributed by atoms with Crippen LogP contribution in [-0.4, -0.2) is 57.3 Å². The van der Waals surface area contributed by atoms with Crippen molar-refractivity contribution in [3.8, 4) is 17.6 Å². The first kappa shape index (κ1) is 39.3. The molecule has 0 radical (unpaired) electrons. The maximum absolute atomic E-state index is 16.8. The zero-order valence-electron chi connectivity index (χ0n) is 29.4. The standard InChI is InChI=1S/C34H47FN4O6SSi/c1-20(2)47(21(3)4,22(5)6)45-28-17-26(42-10)16-27(29(28)35)30(31(46-12)39-33(41)43-11)38-25-14-13-23(18-36)24(15-25)19-37-32(40)44-34(7,8)9/h13-17,20-22H,19H2,1-12H3,(H,37,40)/b38-30?,39-31-. The second kappa shape index (κ2) is 16.8. The molecule has 0 spiro atoms. The van der Waals surface area contributed by atoms with Gasteiger partial charge in [-0.25, -0.2) is 19.0 Å². The molecule has 0 heterocycles. The lowest BCUT2D eigenvalue weighted by Gasteiger charge is -2.42. The summed E-state index contributed by atoms with van der Waals surface area (Å²) in [5.41, 5.74) is 0.866. The number of alkyl carbamates (subject to hydrolysis) is 1. The van der Waals surface area contributed by atoms with E-state index in [2.05, 4.69) is 57.9 Å². The van der Waals surface area contributed by atoms with Crippen molar-refractivity contribution in [1.29, 1.82) is 5.26 Å². The van der Waals surface area contributed by atoms with Crippen molar-refractivity contribution < 1.29 is 32.6 Å². The molecule has 2 aromatic carbocycles. The summed E-state index contributed by atoms with van der Waals surface area (Å²) in [7, 11) is 0.0553. The van der Waals surface area contributed by atoms with Crippen LogP contribution in [0.15, 0.2) is 40.3 Å². The molecule has 0 fully saturated rings. The van der Waals surface area contributed by atoms with E-state index in [0.717, 1.165) is 11.8 Å². The first-order valence-electron chi connectivity index (χ1n) is 15.3. The lowest BCUT2D eigenvalue weighted by Crippen LogP contribution is -2.51. The molecule has 47 heavy (non-hydrogen) atoms. The Morgan fingerprint density at radius 3 is 2.15 bits per heavy atom. The number of nitrogens with one attached hydrogen (secondary N) is 1. The van der Waals surface area contributed by atoms with E-state index < -0.39 is 31.9 Å². The molecule has 13 heteroatoms. The lowest BCUT2D eigenvalue weighted by atomic mass is 10.1. The number of ether oxygens (including phenoxy) is 3. The fraction of sp³-hybridized carbons (Fsp3) is 0.500. The van der Waals surface area contributed by atoms with E-state index in [4.69, 9.17) is 23.6 Å². The predicted octanol–water partition coefficient (Wildman–Crippen LogP) is 8.93. The second-order valence-corrected chi connectivity index (χ2v) is 18.9. The van der Waals surface area contributed by atoms with Gasteiger partial charge in [-0.05, 0) is 73.5 Å². The number of carbonyl (C=O) groups is 2. The van der Waals surface area contributed by atoms with Crippen LogP contribution >= 0.6 is 11.8 Å². The molecule has 0 saturated carbocycles. The van der Waals surface area contributed by atoms with Crippen LogP contribution < -0.4 is 14.5 Å². The molecular weight excluding hydrogens is 640 g/mol. The third kappa shape index (κ3) is 10.0. The number of methoxy groups -OCH3 is 2. The van der Waals surface area contributed by atoms with E-state index in [0.29, 0.717) is 22.6 Å². The van der Waals surface area contributed by atoms with Crippen molar-refractivity contribution in [3.05, 3.63) is 52.8 Å². The summed E-state index contributed by atoms with van der Waals surface area (Å²) in [5.74, 6) is -0.338.